The number of hydrazine groups is 1. The second-order valence-electron chi connectivity index (χ2n) is 4.62. The van der Waals surface area contributed by atoms with Crippen molar-refractivity contribution < 1.29 is 18.7 Å². The van der Waals surface area contributed by atoms with Gasteiger partial charge >= 0.3 is 0 Å². The molecule has 0 saturated heterocycles. The van der Waals surface area contributed by atoms with Crippen LogP contribution in [0, 0.1) is 5.82 Å². The van der Waals surface area contributed by atoms with Crippen LogP contribution in [-0.4, -0.2) is 18.4 Å². The average molecular weight is 381 g/mol. The summed E-state index contributed by atoms with van der Waals surface area (Å²) >= 11 is 3.13. The Balaban J connectivity index is 1.73. The quantitative estimate of drug-likeness (QED) is 0.782. The maximum absolute atomic E-state index is 12.9. The van der Waals surface area contributed by atoms with Crippen molar-refractivity contribution in [3.63, 3.8) is 0 Å². The third-order valence-corrected chi connectivity index (χ3v) is 3.42. The number of rotatable bonds is 5. The molecular formula is C16H14BrFN2O3. The highest BCUT2D eigenvalue weighted by Gasteiger charge is 2.08. The number of hydrogen-bond donors (Lipinski definition) is 2. The first kappa shape index (κ1) is 17.0. The van der Waals surface area contributed by atoms with Crippen molar-refractivity contribution in [2.24, 2.45) is 0 Å². The van der Waals surface area contributed by atoms with Crippen molar-refractivity contribution in [1.82, 2.24) is 10.9 Å². The van der Waals surface area contributed by atoms with E-state index >= 15 is 0 Å². The van der Waals surface area contributed by atoms with Gasteiger partial charge in [0, 0.05) is 0 Å². The summed E-state index contributed by atoms with van der Waals surface area (Å²) in [5.74, 6) is -0.950. The molecule has 0 fully saturated rings. The van der Waals surface area contributed by atoms with Gasteiger partial charge in [-0.2, -0.15) is 0 Å². The van der Waals surface area contributed by atoms with Crippen LogP contribution in [0.25, 0.3) is 0 Å². The number of halogens is 2. The van der Waals surface area contributed by atoms with E-state index in [9.17, 15) is 14.0 Å². The Morgan fingerprint density at radius 3 is 2.43 bits per heavy atom. The van der Waals surface area contributed by atoms with Crippen LogP contribution < -0.4 is 15.6 Å². The van der Waals surface area contributed by atoms with E-state index in [-0.39, 0.29) is 18.9 Å². The average Bonchev–Trinajstić information content (AvgIpc) is 2.53. The van der Waals surface area contributed by atoms with Crippen molar-refractivity contribution in [2.45, 2.75) is 6.42 Å². The van der Waals surface area contributed by atoms with Gasteiger partial charge in [0.05, 0.1) is 10.9 Å². The Morgan fingerprint density at radius 2 is 1.74 bits per heavy atom. The van der Waals surface area contributed by atoms with Crippen molar-refractivity contribution in [3.05, 3.63) is 64.4 Å². The van der Waals surface area contributed by atoms with E-state index in [0.29, 0.717) is 10.2 Å². The standard InChI is InChI=1S/C16H14BrFN2O3/c17-13-9-12(18)6-7-14(13)23-10-16(22)20-19-15(21)8-11-4-2-1-3-5-11/h1-7,9H,8,10H2,(H,19,21)(H,20,22). The van der Waals surface area contributed by atoms with Gasteiger partial charge in [-0.25, -0.2) is 4.39 Å². The first-order chi connectivity index (χ1) is 11.0. The van der Waals surface area contributed by atoms with Crippen LogP contribution in [-0.2, 0) is 16.0 Å². The monoisotopic (exact) mass is 380 g/mol. The van der Waals surface area contributed by atoms with Crippen molar-refractivity contribution in [2.75, 3.05) is 6.61 Å². The number of carbonyl (C=O) groups is 2. The zero-order valence-electron chi connectivity index (χ0n) is 12.0. The first-order valence-electron chi connectivity index (χ1n) is 6.74. The fourth-order valence-electron chi connectivity index (χ4n) is 1.74. The fraction of sp³-hybridized carbons (Fsp3) is 0.125. The molecule has 2 amide bonds. The maximum Gasteiger partial charge on any atom is 0.276 e. The van der Waals surface area contributed by atoms with Gasteiger partial charge in [0.25, 0.3) is 5.91 Å². The predicted octanol–water partition coefficient (Wildman–Crippen LogP) is 2.36. The van der Waals surface area contributed by atoms with Gasteiger partial charge in [0.15, 0.2) is 6.61 Å². The Bertz CT molecular complexity index is 695. The van der Waals surface area contributed by atoms with Crippen LogP contribution in [0.5, 0.6) is 5.75 Å². The summed E-state index contributed by atoms with van der Waals surface area (Å²) in [5, 5.41) is 0. The second-order valence-corrected chi connectivity index (χ2v) is 5.48. The lowest BCUT2D eigenvalue weighted by molar-refractivity contribution is -0.129. The molecule has 0 aliphatic rings. The third kappa shape index (κ3) is 5.71. The number of hydrogen-bond acceptors (Lipinski definition) is 3. The lowest BCUT2D eigenvalue weighted by Gasteiger charge is -2.10. The summed E-state index contributed by atoms with van der Waals surface area (Å²) in [6.45, 7) is -0.310. The van der Waals surface area contributed by atoms with Crippen molar-refractivity contribution in [3.8, 4) is 5.75 Å². The number of ether oxygens (including phenoxy) is 1. The molecule has 2 aromatic rings. The van der Waals surface area contributed by atoms with Gasteiger partial charge in [-0.05, 0) is 39.7 Å². The van der Waals surface area contributed by atoms with Crippen LogP contribution in [0.4, 0.5) is 4.39 Å². The zero-order chi connectivity index (χ0) is 16.7. The Morgan fingerprint density at radius 1 is 1.04 bits per heavy atom. The zero-order valence-corrected chi connectivity index (χ0v) is 13.6. The van der Waals surface area contributed by atoms with Gasteiger partial charge in [0.2, 0.25) is 5.91 Å². The molecule has 5 nitrogen and oxygen atoms in total. The lowest BCUT2D eigenvalue weighted by Crippen LogP contribution is -2.44. The highest BCUT2D eigenvalue weighted by Crippen LogP contribution is 2.25. The van der Waals surface area contributed by atoms with Crippen LogP contribution in [0.3, 0.4) is 0 Å². The number of benzene rings is 2. The van der Waals surface area contributed by atoms with Crippen LogP contribution in [0.1, 0.15) is 5.56 Å². The highest BCUT2D eigenvalue weighted by molar-refractivity contribution is 9.10. The molecule has 0 atom stereocenters. The van der Waals surface area contributed by atoms with Gasteiger partial charge in [0.1, 0.15) is 11.6 Å². The number of carbonyl (C=O) groups excluding carboxylic acids is 2. The molecule has 7 heteroatoms. The van der Waals surface area contributed by atoms with Crippen LogP contribution in [0.2, 0.25) is 0 Å². The summed E-state index contributed by atoms with van der Waals surface area (Å²) in [5.41, 5.74) is 5.39. The molecule has 2 rings (SSSR count). The third-order valence-electron chi connectivity index (χ3n) is 2.80. The van der Waals surface area contributed by atoms with Gasteiger partial charge in [-0.1, -0.05) is 30.3 Å². The molecule has 0 unspecified atom stereocenters. The largest absolute Gasteiger partial charge is 0.483 e. The van der Waals surface area contributed by atoms with E-state index in [1.165, 1.54) is 18.2 Å². The van der Waals surface area contributed by atoms with E-state index in [1.807, 2.05) is 30.3 Å². The van der Waals surface area contributed by atoms with E-state index in [0.717, 1.165) is 5.56 Å². The molecule has 0 saturated carbocycles. The smallest absolute Gasteiger partial charge is 0.276 e. The van der Waals surface area contributed by atoms with Crippen LogP contribution >= 0.6 is 15.9 Å². The Kier molecular flexibility index (Phi) is 6.10. The SMILES string of the molecule is O=C(COc1ccc(F)cc1Br)NNC(=O)Cc1ccccc1. The lowest BCUT2D eigenvalue weighted by atomic mass is 10.1. The molecule has 2 N–H and O–H groups in total. The highest BCUT2D eigenvalue weighted by atomic mass is 79.9. The first-order valence-corrected chi connectivity index (χ1v) is 7.53. The molecule has 120 valence electrons. The summed E-state index contributed by atoms with van der Waals surface area (Å²) in [6, 6.07) is 13.0. The van der Waals surface area contributed by atoms with Gasteiger partial charge < -0.3 is 4.74 Å². The van der Waals surface area contributed by atoms with Crippen molar-refractivity contribution in [1.29, 1.82) is 0 Å². The molecule has 0 aliphatic carbocycles. The summed E-state index contributed by atoms with van der Waals surface area (Å²) in [4.78, 5) is 23.3. The normalized spacial score (nSPS) is 10.0. The van der Waals surface area contributed by atoms with Gasteiger partial charge in [-0.15, -0.1) is 0 Å². The summed E-state index contributed by atoms with van der Waals surface area (Å²) in [6.07, 6.45) is 0.158. The summed E-state index contributed by atoms with van der Waals surface area (Å²) < 4.78 is 18.6. The molecule has 0 bridgehead atoms. The van der Waals surface area contributed by atoms with Gasteiger partial charge in [-0.3, -0.25) is 20.4 Å². The summed E-state index contributed by atoms with van der Waals surface area (Å²) in [7, 11) is 0. The maximum atomic E-state index is 12.9. The molecule has 0 radical (unpaired) electrons. The van der Waals surface area contributed by atoms with E-state index < -0.39 is 11.7 Å². The van der Waals surface area contributed by atoms with E-state index in [4.69, 9.17) is 4.74 Å². The molecule has 0 aliphatic heterocycles. The molecular weight excluding hydrogens is 367 g/mol. The molecule has 23 heavy (non-hydrogen) atoms. The second kappa shape index (κ2) is 8.28. The molecule has 0 heterocycles. The Hall–Kier alpha value is -2.41. The Labute approximate surface area is 140 Å². The topological polar surface area (TPSA) is 67.4 Å². The van der Waals surface area contributed by atoms with E-state index in [2.05, 4.69) is 26.8 Å². The van der Waals surface area contributed by atoms with Crippen molar-refractivity contribution >= 4 is 27.7 Å². The molecule has 2 aromatic carbocycles. The fourth-order valence-corrected chi connectivity index (χ4v) is 2.20. The predicted molar refractivity (Wildman–Crippen MR) is 86.0 cm³/mol. The van der Waals surface area contributed by atoms with E-state index in [1.54, 1.807) is 0 Å². The minimum Gasteiger partial charge on any atom is -0.483 e. The van der Waals surface area contributed by atoms with Crippen LogP contribution in [0.15, 0.2) is 53.0 Å². The number of amides is 2. The minimum absolute atomic E-state index is 0.158. The molecule has 0 aromatic heterocycles. The molecule has 0 spiro atoms. The number of nitrogens with one attached hydrogen (secondary N) is 2. The minimum atomic E-state index is -0.525.